The molecule has 2 rings (SSSR count). The van der Waals surface area contributed by atoms with Crippen molar-refractivity contribution in [3.63, 3.8) is 0 Å². The summed E-state index contributed by atoms with van der Waals surface area (Å²) in [6.45, 7) is 12.2. The third kappa shape index (κ3) is 4.84. The number of hydrogen-bond donors (Lipinski definition) is 0. The zero-order valence-corrected chi connectivity index (χ0v) is 15.8. The summed E-state index contributed by atoms with van der Waals surface area (Å²) in [7, 11) is -1.10. The molecule has 1 heteroatoms. The van der Waals surface area contributed by atoms with Crippen molar-refractivity contribution in [2.45, 2.75) is 57.3 Å². The summed E-state index contributed by atoms with van der Waals surface area (Å²) in [5.74, 6) is 0.656. The number of hydrogen-bond acceptors (Lipinski definition) is 0. The fourth-order valence-corrected chi connectivity index (χ4v) is 5.25. The Morgan fingerprint density at radius 3 is 1.82 bits per heavy atom. The Morgan fingerprint density at radius 1 is 0.818 bits per heavy atom. The van der Waals surface area contributed by atoms with E-state index in [-0.39, 0.29) is 5.41 Å². The molecule has 0 amide bonds. The van der Waals surface area contributed by atoms with Crippen molar-refractivity contribution in [1.82, 2.24) is 0 Å². The van der Waals surface area contributed by atoms with Crippen molar-refractivity contribution >= 4 is 8.07 Å². The third-order valence-corrected chi connectivity index (χ3v) is 6.16. The SMILES string of the molecule is CC(C)(CC(C[Si](C)(C)C)c1ccccc1)c1ccccc1. The van der Waals surface area contributed by atoms with Crippen LogP contribution >= 0.6 is 0 Å². The standard InChI is InChI=1S/C21H30Si/c1-21(2,20-14-10-7-11-15-20)16-19(17-22(3,4)5)18-12-8-6-9-13-18/h6-15,19H,16-17H2,1-5H3. The minimum atomic E-state index is -1.10. The molecule has 1 atom stereocenters. The van der Waals surface area contributed by atoms with E-state index < -0.39 is 8.07 Å². The third-order valence-electron chi connectivity index (χ3n) is 4.44. The van der Waals surface area contributed by atoms with Crippen LogP contribution in [-0.4, -0.2) is 8.07 Å². The van der Waals surface area contributed by atoms with Crippen LogP contribution in [0.3, 0.4) is 0 Å². The highest BCUT2D eigenvalue weighted by atomic mass is 28.3. The van der Waals surface area contributed by atoms with Gasteiger partial charge in [0, 0.05) is 8.07 Å². The largest absolute Gasteiger partial charge is 0.0695 e. The molecule has 0 aliphatic rings. The minimum absolute atomic E-state index is 0.210. The van der Waals surface area contributed by atoms with Gasteiger partial charge in [-0.3, -0.25) is 0 Å². The highest BCUT2D eigenvalue weighted by Crippen LogP contribution is 2.39. The van der Waals surface area contributed by atoms with Crippen LogP contribution in [-0.2, 0) is 5.41 Å². The molecule has 0 aliphatic heterocycles. The van der Waals surface area contributed by atoms with Gasteiger partial charge in [-0.15, -0.1) is 0 Å². The molecule has 2 aromatic rings. The first-order valence-electron chi connectivity index (χ1n) is 8.38. The average molecular weight is 311 g/mol. The predicted molar refractivity (Wildman–Crippen MR) is 101 cm³/mol. The van der Waals surface area contributed by atoms with Crippen molar-refractivity contribution in [3.8, 4) is 0 Å². The van der Waals surface area contributed by atoms with Gasteiger partial charge in [-0.05, 0) is 28.9 Å². The first-order chi connectivity index (χ1) is 10.3. The van der Waals surface area contributed by atoms with E-state index in [1.807, 2.05) is 0 Å². The van der Waals surface area contributed by atoms with Gasteiger partial charge in [-0.2, -0.15) is 0 Å². The van der Waals surface area contributed by atoms with Gasteiger partial charge in [0.2, 0.25) is 0 Å². The van der Waals surface area contributed by atoms with E-state index in [2.05, 4.69) is 94.2 Å². The molecule has 0 spiro atoms. The maximum Gasteiger partial charge on any atom is 0.0448 e. The molecule has 0 bridgehead atoms. The van der Waals surface area contributed by atoms with Gasteiger partial charge < -0.3 is 0 Å². The molecule has 0 saturated carbocycles. The van der Waals surface area contributed by atoms with Crippen LogP contribution in [0.25, 0.3) is 0 Å². The quantitative estimate of drug-likeness (QED) is 0.536. The lowest BCUT2D eigenvalue weighted by atomic mass is 9.76. The van der Waals surface area contributed by atoms with E-state index in [0.717, 1.165) is 0 Å². The molecule has 0 N–H and O–H groups in total. The highest BCUT2D eigenvalue weighted by molar-refractivity contribution is 6.76. The summed E-state index contributed by atoms with van der Waals surface area (Å²) in [5.41, 5.74) is 3.17. The normalized spacial score (nSPS) is 13.9. The van der Waals surface area contributed by atoms with Gasteiger partial charge >= 0.3 is 0 Å². The van der Waals surface area contributed by atoms with Crippen LogP contribution in [0.2, 0.25) is 25.7 Å². The van der Waals surface area contributed by atoms with Crippen LogP contribution in [0, 0.1) is 0 Å². The van der Waals surface area contributed by atoms with E-state index in [1.54, 1.807) is 0 Å². The molecule has 22 heavy (non-hydrogen) atoms. The molecule has 0 aliphatic carbocycles. The second-order valence-corrected chi connectivity index (χ2v) is 13.9. The summed E-state index contributed by atoms with van der Waals surface area (Å²) >= 11 is 0. The van der Waals surface area contributed by atoms with Gasteiger partial charge in [0.05, 0.1) is 0 Å². The van der Waals surface area contributed by atoms with E-state index in [4.69, 9.17) is 0 Å². The Morgan fingerprint density at radius 2 is 1.32 bits per heavy atom. The Labute approximate surface area is 137 Å². The average Bonchev–Trinajstić information content (AvgIpc) is 2.47. The lowest BCUT2D eigenvalue weighted by molar-refractivity contribution is 0.436. The zero-order valence-electron chi connectivity index (χ0n) is 14.8. The topological polar surface area (TPSA) is 0 Å². The number of benzene rings is 2. The Balaban J connectivity index is 2.26. The first kappa shape index (κ1) is 17.0. The molecule has 2 aromatic carbocycles. The summed E-state index contributed by atoms with van der Waals surface area (Å²) in [4.78, 5) is 0. The van der Waals surface area contributed by atoms with Crippen LogP contribution < -0.4 is 0 Å². The lowest BCUT2D eigenvalue weighted by Gasteiger charge is -2.33. The maximum atomic E-state index is 2.48. The smallest absolute Gasteiger partial charge is 0.0448 e. The van der Waals surface area contributed by atoms with Gasteiger partial charge in [0.1, 0.15) is 0 Å². The molecule has 0 fully saturated rings. The molecule has 0 aromatic heterocycles. The van der Waals surface area contributed by atoms with Crippen molar-refractivity contribution < 1.29 is 0 Å². The van der Waals surface area contributed by atoms with Crippen LogP contribution in [0.4, 0.5) is 0 Å². The van der Waals surface area contributed by atoms with Gasteiger partial charge in [-0.1, -0.05) is 100 Å². The number of rotatable bonds is 6. The first-order valence-corrected chi connectivity index (χ1v) is 12.1. The predicted octanol–water partition coefficient (Wildman–Crippen LogP) is 6.48. The maximum absolute atomic E-state index is 2.48. The van der Waals surface area contributed by atoms with Crippen molar-refractivity contribution in [2.24, 2.45) is 0 Å². The summed E-state index contributed by atoms with van der Waals surface area (Å²) < 4.78 is 0. The van der Waals surface area contributed by atoms with Gasteiger partial charge in [0.25, 0.3) is 0 Å². The molecule has 0 saturated heterocycles. The van der Waals surface area contributed by atoms with Crippen LogP contribution in [0.15, 0.2) is 60.7 Å². The molecule has 118 valence electrons. The molecule has 0 heterocycles. The monoisotopic (exact) mass is 310 g/mol. The zero-order chi connectivity index (χ0) is 16.2. The highest BCUT2D eigenvalue weighted by Gasteiger charge is 2.29. The summed E-state index contributed by atoms with van der Waals surface area (Å²) in [6, 6.07) is 23.4. The van der Waals surface area contributed by atoms with E-state index in [9.17, 15) is 0 Å². The van der Waals surface area contributed by atoms with E-state index in [1.165, 1.54) is 23.6 Å². The lowest BCUT2D eigenvalue weighted by Crippen LogP contribution is -2.27. The van der Waals surface area contributed by atoms with Crippen molar-refractivity contribution in [1.29, 1.82) is 0 Å². The molecule has 0 nitrogen and oxygen atoms in total. The molecule has 0 radical (unpaired) electrons. The fourth-order valence-electron chi connectivity index (χ4n) is 3.40. The van der Waals surface area contributed by atoms with Gasteiger partial charge in [0.15, 0.2) is 0 Å². The summed E-state index contributed by atoms with van der Waals surface area (Å²) in [5, 5.41) is 0. The molecular formula is C21H30Si. The Kier molecular flexibility index (Phi) is 5.28. The van der Waals surface area contributed by atoms with Gasteiger partial charge in [-0.25, -0.2) is 0 Å². The fraction of sp³-hybridized carbons (Fsp3) is 0.429. The van der Waals surface area contributed by atoms with E-state index in [0.29, 0.717) is 5.92 Å². The van der Waals surface area contributed by atoms with Crippen LogP contribution in [0.5, 0.6) is 0 Å². The van der Waals surface area contributed by atoms with Crippen molar-refractivity contribution in [3.05, 3.63) is 71.8 Å². The second kappa shape index (κ2) is 6.83. The van der Waals surface area contributed by atoms with Crippen LogP contribution in [0.1, 0.15) is 37.3 Å². The van der Waals surface area contributed by atoms with E-state index >= 15 is 0 Å². The van der Waals surface area contributed by atoms with Crippen molar-refractivity contribution in [2.75, 3.05) is 0 Å². The summed E-state index contributed by atoms with van der Waals surface area (Å²) in [6.07, 6.45) is 1.21. The Hall–Kier alpha value is -1.34. The Bertz CT molecular complexity index is 564. The second-order valence-electron chi connectivity index (χ2n) is 8.33. The minimum Gasteiger partial charge on any atom is -0.0695 e. The molecular weight excluding hydrogens is 280 g/mol. The molecule has 1 unspecified atom stereocenters.